The monoisotopic (exact) mass is 322 g/mol. The van der Waals surface area contributed by atoms with Crippen molar-refractivity contribution in [3.8, 4) is 0 Å². The Labute approximate surface area is 131 Å². The van der Waals surface area contributed by atoms with Crippen molar-refractivity contribution in [2.24, 2.45) is 23.1 Å². The molecule has 1 fully saturated rings. The SMILES string of the molecule is CC1=C(N)C(=O)C2C(COC(N)=O)=C3C(O)[C@@H](N)CN3C2C1=O. The number of aliphatic hydroxyl groups is 1. The van der Waals surface area contributed by atoms with Crippen LogP contribution in [0, 0.1) is 5.92 Å². The van der Waals surface area contributed by atoms with E-state index in [1.54, 1.807) is 4.90 Å². The zero-order valence-corrected chi connectivity index (χ0v) is 12.5. The molecule has 0 saturated carbocycles. The number of aliphatic hydroxyl groups excluding tert-OH is 1. The van der Waals surface area contributed by atoms with E-state index in [1.165, 1.54) is 6.92 Å². The topological polar surface area (TPSA) is 162 Å². The fraction of sp³-hybridized carbons (Fsp3) is 0.500. The van der Waals surface area contributed by atoms with Gasteiger partial charge in [-0.15, -0.1) is 0 Å². The molecule has 0 radical (unpaired) electrons. The van der Waals surface area contributed by atoms with Crippen LogP contribution in [0.3, 0.4) is 0 Å². The van der Waals surface area contributed by atoms with Gasteiger partial charge in [-0.25, -0.2) is 4.79 Å². The molecular formula is C14H18N4O5. The van der Waals surface area contributed by atoms with Crippen molar-refractivity contribution in [1.29, 1.82) is 0 Å². The lowest BCUT2D eigenvalue weighted by molar-refractivity contribution is -0.129. The Balaban J connectivity index is 2.09. The molecule has 1 amide bonds. The third-order valence-electron chi connectivity index (χ3n) is 4.72. The molecule has 9 heteroatoms. The van der Waals surface area contributed by atoms with E-state index < -0.39 is 36.0 Å². The van der Waals surface area contributed by atoms with E-state index in [1.807, 2.05) is 0 Å². The highest BCUT2D eigenvalue weighted by Crippen LogP contribution is 2.44. The number of ether oxygens (including phenoxy) is 1. The molecule has 1 saturated heterocycles. The summed E-state index contributed by atoms with van der Waals surface area (Å²) in [5.74, 6) is -1.60. The van der Waals surface area contributed by atoms with Crippen molar-refractivity contribution in [3.63, 3.8) is 0 Å². The van der Waals surface area contributed by atoms with Crippen LogP contribution in [0.4, 0.5) is 4.79 Å². The molecule has 0 bridgehead atoms. The van der Waals surface area contributed by atoms with Gasteiger partial charge in [0.15, 0.2) is 11.6 Å². The Kier molecular flexibility index (Phi) is 3.42. The number of ketones is 2. The summed E-state index contributed by atoms with van der Waals surface area (Å²) >= 11 is 0. The molecule has 3 unspecified atom stereocenters. The highest BCUT2D eigenvalue weighted by atomic mass is 16.5. The standard InChI is InChI=1S/C14H18N4O5/c1-4-8(16)13(21)7-5(3-23-14(17)22)9-12(20)6(15)2-18(9)10(7)11(4)19/h6-7,10,12,20H,2-3,15-16H2,1H3,(H2,17,22)/t6-,7?,10?,12?/m0/s1. The van der Waals surface area contributed by atoms with Gasteiger partial charge in [0.25, 0.3) is 0 Å². The van der Waals surface area contributed by atoms with Gasteiger partial charge in [0.2, 0.25) is 0 Å². The minimum absolute atomic E-state index is 0.103. The first-order chi connectivity index (χ1) is 10.8. The van der Waals surface area contributed by atoms with Crippen LogP contribution in [0.15, 0.2) is 22.5 Å². The fourth-order valence-corrected chi connectivity index (χ4v) is 3.58. The largest absolute Gasteiger partial charge is 0.445 e. The van der Waals surface area contributed by atoms with Crippen LogP contribution in [0.5, 0.6) is 0 Å². The van der Waals surface area contributed by atoms with Crippen LogP contribution in [0.1, 0.15) is 6.92 Å². The van der Waals surface area contributed by atoms with Gasteiger partial charge in [-0.05, 0) is 6.92 Å². The number of rotatable bonds is 2. The average molecular weight is 322 g/mol. The second-order valence-electron chi connectivity index (χ2n) is 5.97. The number of carbonyl (C=O) groups excluding carboxylic acids is 3. The van der Waals surface area contributed by atoms with Crippen LogP contribution in [-0.2, 0) is 14.3 Å². The minimum Gasteiger partial charge on any atom is -0.445 e. The molecule has 3 aliphatic rings. The van der Waals surface area contributed by atoms with Crippen molar-refractivity contribution < 1.29 is 24.2 Å². The lowest BCUT2D eigenvalue weighted by Crippen LogP contribution is -2.49. The number of allylic oxidation sites excluding steroid dienone is 1. The fourth-order valence-electron chi connectivity index (χ4n) is 3.58. The van der Waals surface area contributed by atoms with E-state index >= 15 is 0 Å². The number of nitrogens with two attached hydrogens (primary N) is 3. The molecule has 4 atom stereocenters. The summed E-state index contributed by atoms with van der Waals surface area (Å²) < 4.78 is 4.79. The van der Waals surface area contributed by atoms with Gasteiger partial charge in [0.1, 0.15) is 18.8 Å². The number of fused-ring (bicyclic) bond motifs is 3. The molecule has 0 aromatic carbocycles. The first-order valence-corrected chi connectivity index (χ1v) is 7.16. The molecule has 2 aliphatic heterocycles. The number of amides is 1. The number of carbonyl (C=O) groups is 3. The molecule has 0 aromatic heterocycles. The van der Waals surface area contributed by atoms with E-state index in [9.17, 15) is 19.5 Å². The first kappa shape index (κ1) is 15.5. The van der Waals surface area contributed by atoms with E-state index in [-0.39, 0.29) is 30.2 Å². The van der Waals surface area contributed by atoms with Crippen LogP contribution < -0.4 is 17.2 Å². The van der Waals surface area contributed by atoms with E-state index in [0.717, 1.165) is 0 Å². The summed E-state index contributed by atoms with van der Waals surface area (Å²) in [6.45, 7) is 1.43. The number of hydrogen-bond acceptors (Lipinski definition) is 8. The number of nitrogens with zero attached hydrogens (tertiary/aromatic N) is 1. The van der Waals surface area contributed by atoms with Crippen molar-refractivity contribution >= 4 is 17.7 Å². The average Bonchev–Trinajstić information content (AvgIpc) is 2.96. The third kappa shape index (κ3) is 2.04. The highest BCUT2D eigenvalue weighted by Gasteiger charge is 2.56. The van der Waals surface area contributed by atoms with Gasteiger partial charge in [-0.3, -0.25) is 9.59 Å². The summed E-state index contributed by atoms with van der Waals surface area (Å²) in [6.07, 6.45) is -2.06. The van der Waals surface area contributed by atoms with Crippen molar-refractivity contribution in [2.45, 2.75) is 25.1 Å². The van der Waals surface area contributed by atoms with Gasteiger partial charge in [-0.1, -0.05) is 0 Å². The van der Waals surface area contributed by atoms with Gasteiger partial charge in [0, 0.05) is 23.4 Å². The number of hydrogen-bond donors (Lipinski definition) is 4. The molecule has 3 rings (SSSR count). The normalized spacial score (nSPS) is 33.3. The molecule has 2 heterocycles. The number of primary amides is 1. The molecule has 23 heavy (non-hydrogen) atoms. The molecule has 124 valence electrons. The van der Waals surface area contributed by atoms with E-state index in [0.29, 0.717) is 11.3 Å². The van der Waals surface area contributed by atoms with Crippen molar-refractivity contribution in [2.75, 3.05) is 13.2 Å². The molecule has 0 aromatic rings. The Morgan fingerprint density at radius 2 is 2.04 bits per heavy atom. The predicted molar refractivity (Wildman–Crippen MR) is 77.4 cm³/mol. The van der Waals surface area contributed by atoms with Crippen LogP contribution in [0.25, 0.3) is 0 Å². The predicted octanol–water partition coefficient (Wildman–Crippen LogP) is -2.28. The Morgan fingerprint density at radius 1 is 1.39 bits per heavy atom. The maximum Gasteiger partial charge on any atom is 0.404 e. The van der Waals surface area contributed by atoms with Gasteiger partial charge < -0.3 is 31.9 Å². The lowest BCUT2D eigenvalue weighted by Gasteiger charge is -2.31. The summed E-state index contributed by atoms with van der Waals surface area (Å²) in [7, 11) is 0. The summed E-state index contributed by atoms with van der Waals surface area (Å²) in [4.78, 5) is 37.7. The van der Waals surface area contributed by atoms with E-state index in [2.05, 4.69) is 0 Å². The van der Waals surface area contributed by atoms with Crippen LogP contribution in [0.2, 0.25) is 0 Å². The second kappa shape index (κ2) is 5.07. The maximum absolute atomic E-state index is 12.6. The lowest BCUT2D eigenvalue weighted by atomic mass is 9.78. The summed E-state index contributed by atoms with van der Waals surface area (Å²) in [5.41, 5.74) is 17.4. The van der Waals surface area contributed by atoms with Gasteiger partial charge in [0.05, 0.1) is 17.7 Å². The second-order valence-corrected chi connectivity index (χ2v) is 5.97. The summed E-state index contributed by atoms with van der Waals surface area (Å²) in [5, 5.41) is 10.3. The first-order valence-electron chi connectivity index (χ1n) is 7.16. The Hall–Kier alpha value is -2.39. The van der Waals surface area contributed by atoms with E-state index in [4.69, 9.17) is 21.9 Å². The molecule has 7 N–H and O–H groups in total. The Morgan fingerprint density at radius 3 is 2.65 bits per heavy atom. The molecule has 1 aliphatic carbocycles. The minimum atomic E-state index is -1.05. The molecule has 9 nitrogen and oxygen atoms in total. The smallest absolute Gasteiger partial charge is 0.404 e. The summed E-state index contributed by atoms with van der Waals surface area (Å²) in [6, 6.07) is -1.40. The maximum atomic E-state index is 12.6. The Bertz CT molecular complexity index is 683. The van der Waals surface area contributed by atoms with Crippen LogP contribution in [-0.4, -0.2) is 59.0 Å². The van der Waals surface area contributed by atoms with Crippen LogP contribution >= 0.6 is 0 Å². The van der Waals surface area contributed by atoms with Gasteiger partial charge >= 0.3 is 6.09 Å². The van der Waals surface area contributed by atoms with Crippen molar-refractivity contribution in [1.82, 2.24) is 4.90 Å². The zero-order chi connectivity index (χ0) is 17.0. The highest BCUT2D eigenvalue weighted by molar-refractivity contribution is 6.16. The van der Waals surface area contributed by atoms with Gasteiger partial charge in [-0.2, -0.15) is 0 Å². The van der Waals surface area contributed by atoms with Crippen molar-refractivity contribution in [3.05, 3.63) is 22.5 Å². The zero-order valence-electron chi connectivity index (χ0n) is 12.5. The molecule has 0 spiro atoms. The third-order valence-corrected chi connectivity index (χ3v) is 4.72. The quantitative estimate of drug-likeness (QED) is 0.442. The molecular weight excluding hydrogens is 304 g/mol. The number of Topliss-reactive ketones (excluding diaryl/α,β-unsaturated/α-hetero) is 2.